The van der Waals surface area contributed by atoms with Crippen LogP contribution >= 0.6 is 0 Å². The maximum atomic E-state index is 5.83. The van der Waals surface area contributed by atoms with Crippen LogP contribution in [0, 0.1) is 0 Å². The molecule has 0 aliphatic carbocycles. The third-order valence-electron chi connectivity index (χ3n) is 4.26. The van der Waals surface area contributed by atoms with Gasteiger partial charge in [-0.3, -0.25) is 0 Å². The zero-order valence-electron chi connectivity index (χ0n) is 12.0. The fourth-order valence-corrected chi connectivity index (χ4v) is 3.21. The lowest BCUT2D eigenvalue weighted by Gasteiger charge is -2.27. The average Bonchev–Trinajstić information content (AvgIpc) is 2.79. The van der Waals surface area contributed by atoms with Gasteiger partial charge in [-0.1, -0.05) is 24.3 Å². The predicted molar refractivity (Wildman–Crippen MR) is 83.4 cm³/mol. The number of anilines is 1. The van der Waals surface area contributed by atoms with E-state index >= 15 is 0 Å². The van der Waals surface area contributed by atoms with Crippen LogP contribution < -0.4 is 14.8 Å². The minimum absolute atomic E-state index is 0.430. The van der Waals surface area contributed by atoms with E-state index < -0.39 is 0 Å². The molecule has 2 aromatic carbocycles. The highest BCUT2D eigenvalue weighted by Crippen LogP contribution is 2.40. The molecule has 1 unspecified atom stereocenters. The molecule has 21 heavy (non-hydrogen) atoms. The Bertz CT molecular complexity index is 653. The molecule has 0 saturated carbocycles. The Morgan fingerprint density at radius 1 is 0.952 bits per heavy atom. The van der Waals surface area contributed by atoms with Crippen molar-refractivity contribution in [2.75, 3.05) is 25.1 Å². The molecule has 3 nitrogen and oxygen atoms in total. The number of benzene rings is 2. The first-order chi connectivity index (χ1) is 10.4. The molecule has 2 aliphatic heterocycles. The van der Waals surface area contributed by atoms with E-state index in [0.29, 0.717) is 5.92 Å². The van der Waals surface area contributed by atoms with Gasteiger partial charge in [-0.15, -0.1) is 0 Å². The number of para-hydroxylation sites is 1. The Morgan fingerprint density at radius 3 is 2.76 bits per heavy atom. The second-order valence-electron chi connectivity index (χ2n) is 5.61. The van der Waals surface area contributed by atoms with Gasteiger partial charge in [-0.05, 0) is 35.7 Å². The van der Waals surface area contributed by atoms with E-state index in [-0.39, 0.29) is 0 Å². The quantitative estimate of drug-likeness (QED) is 0.862. The third kappa shape index (κ3) is 2.33. The molecular formula is C18H19NO2. The molecule has 0 spiro atoms. The lowest BCUT2D eigenvalue weighted by molar-refractivity contribution is 0.297. The molecule has 2 aromatic rings. The van der Waals surface area contributed by atoms with Gasteiger partial charge in [0.15, 0.2) is 11.5 Å². The molecule has 1 N–H and O–H groups in total. The number of rotatable bonds is 1. The summed E-state index contributed by atoms with van der Waals surface area (Å²) in [4.78, 5) is 0. The molecule has 0 amide bonds. The second-order valence-corrected chi connectivity index (χ2v) is 5.61. The molecule has 108 valence electrons. The molecule has 4 rings (SSSR count). The molecule has 2 heterocycles. The summed E-state index contributed by atoms with van der Waals surface area (Å²) in [5.74, 6) is 2.19. The summed E-state index contributed by atoms with van der Waals surface area (Å²) in [5, 5.41) is 3.48. The smallest absolute Gasteiger partial charge is 0.161 e. The number of fused-ring (bicyclic) bond motifs is 2. The van der Waals surface area contributed by atoms with Crippen LogP contribution in [0.25, 0.3) is 0 Å². The highest BCUT2D eigenvalue weighted by Gasteiger charge is 2.22. The van der Waals surface area contributed by atoms with Gasteiger partial charge in [0.25, 0.3) is 0 Å². The summed E-state index contributed by atoms with van der Waals surface area (Å²) in [7, 11) is 0. The Kier molecular flexibility index (Phi) is 3.18. The first-order valence-corrected chi connectivity index (χ1v) is 7.64. The molecule has 2 aliphatic rings. The standard InChI is InChI=1S/C18H19NO2/c1-2-5-16-15(4-1)14(8-9-19-16)13-6-7-17-18(12-13)21-11-3-10-20-17/h1-2,4-7,12,14,19H,3,8-11H2. The van der Waals surface area contributed by atoms with Crippen molar-refractivity contribution in [3.63, 3.8) is 0 Å². The van der Waals surface area contributed by atoms with Crippen LogP contribution in [0.15, 0.2) is 42.5 Å². The molecule has 3 heteroatoms. The van der Waals surface area contributed by atoms with Gasteiger partial charge in [-0.2, -0.15) is 0 Å². The summed E-state index contributed by atoms with van der Waals surface area (Å²) in [6.07, 6.45) is 2.05. The highest BCUT2D eigenvalue weighted by molar-refractivity contribution is 5.58. The summed E-state index contributed by atoms with van der Waals surface area (Å²) in [6.45, 7) is 2.48. The Balaban J connectivity index is 1.73. The number of hydrogen-bond acceptors (Lipinski definition) is 3. The minimum atomic E-state index is 0.430. The maximum absolute atomic E-state index is 5.83. The van der Waals surface area contributed by atoms with E-state index in [1.165, 1.54) is 16.8 Å². The van der Waals surface area contributed by atoms with E-state index in [1.807, 2.05) is 0 Å². The van der Waals surface area contributed by atoms with Crippen LogP contribution in [0.3, 0.4) is 0 Å². The van der Waals surface area contributed by atoms with E-state index in [1.54, 1.807) is 0 Å². The highest BCUT2D eigenvalue weighted by atomic mass is 16.5. The van der Waals surface area contributed by atoms with Crippen molar-refractivity contribution >= 4 is 5.69 Å². The lowest BCUT2D eigenvalue weighted by Crippen LogP contribution is -2.17. The van der Waals surface area contributed by atoms with Crippen LogP contribution in [-0.2, 0) is 0 Å². The van der Waals surface area contributed by atoms with Crippen LogP contribution in [0.1, 0.15) is 29.9 Å². The largest absolute Gasteiger partial charge is 0.490 e. The zero-order valence-corrected chi connectivity index (χ0v) is 12.0. The topological polar surface area (TPSA) is 30.5 Å². The Hall–Kier alpha value is -2.16. The molecule has 0 aromatic heterocycles. The Morgan fingerprint density at radius 2 is 1.81 bits per heavy atom. The summed E-state index contributed by atoms with van der Waals surface area (Å²) in [6, 6.07) is 15.0. The van der Waals surface area contributed by atoms with Crippen molar-refractivity contribution in [2.45, 2.75) is 18.8 Å². The molecule has 0 radical (unpaired) electrons. The molecule has 0 bridgehead atoms. The average molecular weight is 281 g/mol. The normalized spacial score (nSPS) is 20.1. The van der Waals surface area contributed by atoms with Crippen molar-refractivity contribution in [3.8, 4) is 11.5 Å². The summed E-state index contributed by atoms with van der Waals surface area (Å²) in [5.41, 5.74) is 3.94. The van der Waals surface area contributed by atoms with Gasteiger partial charge in [-0.25, -0.2) is 0 Å². The maximum Gasteiger partial charge on any atom is 0.161 e. The van der Waals surface area contributed by atoms with Gasteiger partial charge < -0.3 is 14.8 Å². The van der Waals surface area contributed by atoms with Crippen molar-refractivity contribution < 1.29 is 9.47 Å². The van der Waals surface area contributed by atoms with E-state index in [9.17, 15) is 0 Å². The summed E-state index contributed by atoms with van der Waals surface area (Å²) >= 11 is 0. The second kappa shape index (κ2) is 5.32. The molecule has 0 fully saturated rings. The zero-order chi connectivity index (χ0) is 14.1. The number of hydrogen-bond donors (Lipinski definition) is 1. The van der Waals surface area contributed by atoms with Crippen LogP contribution in [0.4, 0.5) is 5.69 Å². The van der Waals surface area contributed by atoms with Crippen molar-refractivity contribution in [1.82, 2.24) is 0 Å². The monoisotopic (exact) mass is 281 g/mol. The first kappa shape index (κ1) is 12.6. The third-order valence-corrected chi connectivity index (χ3v) is 4.26. The fourth-order valence-electron chi connectivity index (χ4n) is 3.21. The van der Waals surface area contributed by atoms with E-state index in [2.05, 4.69) is 47.8 Å². The summed E-state index contributed by atoms with van der Waals surface area (Å²) < 4.78 is 11.6. The van der Waals surface area contributed by atoms with Crippen molar-refractivity contribution in [1.29, 1.82) is 0 Å². The molecule has 1 atom stereocenters. The minimum Gasteiger partial charge on any atom is -0.490 e. The lowest BCUT2D eigenvalue weighted by atomic mass is 9.85. The van der Waals surface area contributed by atoms with Gasteiger partial charge >= 0.3 is 0 Å². The Labute approximate surface area is 124 Å². The van der Waals surface area contributed by atoms with Crippen LogP contribution in [0.2, 0.25) is 0 Å². The van der Waals surface area contributed by atoms with Gasteiger partial charge in [0.1, 0.15) is 0 Å². The fraction of sp³-hybridized carbons (Fsp3) is 0.333. The van der Waals surface area contributed by atoms with Crippen LogP contribution in [0.5, 0.6) is 11.5 Å². The first-order valence-electron chi connectivity index (χ1n) is 7.64. The molecular weight excluding hydrogens is 262 g/mol. The predicted octanol–water partition coefficient (Wildman–Crippen LogP) is 3.80. The van der Waals surface area contributed by atoms with Crippen LogP contribution in [-0.4, -0.2) is 19.8 Å². The number of ether oxygens (including phenoxy) is 2. The van der Waals surface area contributed by atoms with Crippen molar-refractivity contribution in [2.24, 2.45) is 0 Å². The number of nitrogens with one attached hydrogen (secondary N) is 1. The molecule has 0 saturated heterocycles. The van der Waals surface area contributed by atoms with E-state index in [4.69, 9.17) is 9.47 Å². The van der Waals surface area contributed by atoms with Gasteiger partial charge in [0.05, 0.1) is 13.2 Å². The SMILES string of the molecule is c1ccc2c(c1)NCCC2c1ccc2c(c1)OCCCO2. The van der Waals surface area contributed by atoms with Gasteiger partial charge in [0.2, 0.25) is 0 Å². The van der Waals surface area contributed by atoms with Crippen molar-refractivity contribution in [3.05, 3.63) is 53.6 Å². The van der Waals surface area contributed by atoms with Gasteiger partial charge in [0, 0.05) is 24.6 Å². The van der Waals surface area contributed by atoms with E-state index in [0.717, 1.165) is 44.1 Å².